The molecule has 1 N–H and O–H groups in total. The van der Waals surface area contributed by atoms with Crippen molar-refractivity contribution in [2.24, 2.45) is 0 Å². The van der Waals surface area contributed by atoms with Crippen LogP contribution in [0.25, 0.3) is 0 Å². The second-order valence-electron chi connectivity index (χ2n) is 3.18. The predicted molar refractivity (Wildman–Crippen MR) is 56.9 cm³/mol. The molecule has 0 saturated carbocycles. The van der Waals surface area contributed by atoms with Gasteiger partial charge in [0.2, 0.25) is 0 Å². The molecule has 12 heavy (non-hydrogen) atoms. The highest BCUT2D eigenvalue weighted by Gasteiger charge is 2.10. The van der Waals surface area contributed by atoms with Crippen LogP contribution >= 0.6 is 11.8 Å². The number of thioether (sulfide) groups is 1. The average Bonchev–Trinajstić information content (AvgIpc) is 2.11. The van der Waals surface area contributed by atoms with Crippen molar-refractivity contribution in [1.82, 2.24) is 5.32 Å². The number of hydrogen-bond donors (Lipinski definition) is 1. The molecule has 3 atom stereocenters. The van der Waals surface area contributed by atoms with E-state index in [2.05, 4.69) is 32.3 Å². The maximum absolute atomic E-state index is 5.21. The second kappa shape index (κ2) is 6.75. The molecule has 0 fully saturated rings. The van der Waals surface area contributed by atoms with Gasteiger partial charge in [-0.15, -0.1) is 0 Å². The summed E-state index contributed by atoms with van der Waals surface area (Å²) in [5, 5.41) is 4.12. The minimum absolute atomic E-state index is 0.291. The number of hydrogen-bond acceptors (Lipinski definition) is 3. The van der Waals surface area contributed by atoms with Gasteiger partial charge in [-0.1, -0.05) is 6.92 Å². The molecule has 0 heterocycles. The minimum Gasteiger partial charge on any atom is -0.380 e. The van der Waals surface area contributed by atoms with Gasteiger partial charge in [0.05, 0.1) is 6.10 Å². The smallest absolute Gasteiger partial charge is 0.0693 e. The first-order chi connectivity index (χ1) is 5.61. The van der Waals surface area contributed by atoms with E-state index in [9.17, 15) is 0 Å². The van der Waals surface area contributed by atoms with Crippen molar-refractivity contribution in [2.45, 2.75) is 38.2 Å². The lowest BCUT2D eigenvalue weighted by atomic mass is 10.2. The van der Waals surface area contributed by atoms with Crippen molar-refractivity contribution in [1.29, 1.82) is 0 Å². The van der Waals surface area contributed by atoms with E-state index in [1.807, 2.05) is 11.8 Å². The van der Waals surface area contributed by atoms with E-state index in [0.29, 0.717) is 17.4 Å². The normalized spacial score (nSPS) is 18.8. The molecule has 0 aliphatic rings. The number of methoxy groups -OCH3 is 1. The first-order valence-electron chi connectivity index (χ1n) is 4.40. The maximum Gasteiger partial charge on any atom is 0.0693 e. The lowest BCUT2D eigenvalue weighted by molar-refractivity contribution is 0.0890. The van der Waals surface area contributed by atoms with Gasteiger partial charge in [-0.3, -0.25) is 0 Å². The Morgan fingerprint density at radius 3 is 2.33 bits per heavy atom. The van der Waals surface area contributed by atoms with E-state index in [1.165, 1.54) is 0 Å². The summed E-state index contributed by atoms with van der Waals surface area (Å²) in [7, 11) is 1.75. The molecule has 0 aromatic rings. The Morgan fingerprint density at radius 2 is 1.92 bits per heavy atom. The van der Waals surface area contributed by atoms with Crippen LogP contribution in [0.4, 0.5) is 0 Å². The summed E-state index contributed by atoms with van der Waals surface area (Å²) in [5.41, 5.74) is 0. The molecular formula is C9H21NOS. The fourth-order valence-electron chi connectivity index (χ4n) is 0.805. The second-order valence-corrected chi connectivity index (χ2v) is 4.46. The van der Waals surface area contributed by atoms with Crippen LogP contribution in [-0.4, -0.2) is 37.3 Å². The van der Waals surface area contributed by atoms with Crippen molar-refractivity contribution in [3.8, 4) is 0 Å². The third-order valence-corrected chi connectivity index (χ3v) is 3.18. The van der Waals surface area contributed by atoms with Gasteiger partial charge < -0.3 is 10.1 Å². The third kappa shape index (κ3) is 5.01. The summed E-state index contributed by atoms with van der Waals surface area (Å²) in [6.07, 6.45) is 2.43. The van der Waals surface area contributed by atoms with Crippen LogP contribution in [-0.2, 0) is 4.74 Å². The summed E-state index contributed by atoms with van der Waals surface area (Å²) in [6.45, 7) is 7.51. The van der Waals surface area contributed by atoms with Gasteiger partial charge in [0.25, 0.3) is 0 Å². The minimum atomic E-state index is 0.291. The molecule has 0 aliphatic carbocycles. The molecular weight excluding hydrogens is 170 g/mol. The zero-order valence-electron chi connectivity index (χ0n) is 8.76. The van der Waals surface area contributed by atoms with Gasteiger partial charge >= 0.3 is 0 Å². The van der Waals surface area contributed by atoms with Crippen LogP contribution in [0.15, 0.2) is 0 Å². The van der Waals surface area contributed by atoms with E-state index in [-0.39, 0.29) is 0 Å². The van der Waals surface area contributed by atoms with Crippen molar-refractivity contribution in [2.75, 3.05) is 19.9 Å². The third-order valence-electron chi connectivity index (χ3n) is 2.21. The number of rotatable bonds is 6. The van der Waals surface area contributed by atoms with E-state index in [1.54, 1.807) is 7.11 Å². The lowest BCUT2D eigenvalue weighted by Gasteiger charge is -2.21. The van der Waals surface area contributed by atoms with Gasteiger partial charge in [0.1, 0.15) is 0 Å². The molecule has 0 spiro atoms. The standard InChI is InChI=1S/C9H21NOS/c1-7(12-5)6-10-8(2)9(3)11-4/h7-10H,6H2,1-5H3. The topological polar surface area (TPSA) is 21.3 Å². The monoisotopic (exact) mass is 191 g/mol. The van der Waals surface area contributed by atoms with Crippen LogP contribution in [0.2, 0.25) is 0 Å². The first-order valence-corrected chi connectivity index (χ1v) is 5.69. The first kappa shape index (κ1) is 12.3. The molecule has 0 aliphatic heterocycles. The van der Waals surface area contributed by atoms with Crippen molar-refractivity contribution >= 4 is 11.8 Å². The highest BCUT2D eigenvalue weighted by Crippen LogP contribution is 2.04. The molecule has 3 unspecified atom stereocenters. The zero-order valence-corrected chi connectivity index (χ0v) is 9.57. The fraction of sp³-hybridized carbons (Fsp3) is 1.00. The van der Waals surface area contributed by atoms with Gasteiger partial charge in [0.15, 0.2) is 0 Å². The Morgan fingerprint density at radius 1 is 1.33 bits per heavy atom. The van der Waals surface area contributed by atoms with Crippen molar-refractivity contribution in [3.63, 3.8) is 0 Å². The summed E-state index contributed by atoms with van der Waals surface area (Å²) in [4.78, 5) is 0. The van der Waals surface area contributed by atoms with E-state index < -0.39 is 0 Å². The summed E-state index contributed by atoms with van der Waals surface area (Å²) >= 11 is 1.88. The highest BCUT2D eigenvalue weighted by atomic mass is 32.2. The summed E-state index contributed by atoms with van der Waals surface area (Å²) in [5.74, 6) is 0. The van der Waals surface area contributed by atoms with Crippen molar-refractivity contribution in [3.05, 3.63) is 0 Å². The van der Waals surface area contributed by atoms with Crippen LogP contribution in [0, 0.1) is 0 Å². The Bertz CT molecular complexity index is 111. The maximum atomic E-state index is 5.21. The molecule has 0 aromatic heterocycles. The van der Waals surface area contributed by atoms with Crippen LogP contribution in [0.5, 0.6) is 0 Å². The fourth-order valence-corrected chi connectivity index (χ4v) is 1.07. The lowest BCUT2D eigenvalue weighted by Crippen LogP contribution is -2.39. The van der Waals surface area contributed by atoms with Crippen LogP contribution in [0.3, 0.4) is 0 Å². The number of nitrogens with one attached hydrogen (secondary N) is 1. The van der Waals surface area contributed by atoms with E-state index in [0.717, 1.165) is 6.54 Å². The molecule has 0 amide bonds. The van der Waals surface area contributed by atoms with Gasteiger partial charge in [-0.2, -0.15) is 11.8 Å². The highest BCUT2D eigenvalue weighted by molar-refractivity contribution is 7.99. The molecule has 0 radical (unpaired) electrons. The molecule has 2 nitrogen and oxygen atoms in total. The van der Waals surface area contributed by atoms with E-state index in [4.69, 9.17) is 4.74 Å². The summed E-state index contributed by atoms with van der Waals surface area (Å²) < 4.78 is 5.21. The molecule has 0 aromatic carbocycles. The van der Waals surface area contributed by atoms with Crippen LogP contribution < -0.4 is 5.32 Å². The Hall–Kier alpha value is 0.270. The van der Waals surface area contributed by atoms with Crippen LogP contribution in [0.1, 0.15) is 20.8 Å². The summed E-state index contributed by atoms with van der Waals surface area (Å²) in [6, 6.07) is 0.435. The van der Waals surface area contributed by atoms with E-state index >= 15 is 0 Å². The van der Waals surface area contributed by atoms with Crippen molar-refractivity contribution < 1.29 is 4.74 Å². The molecule has 3 heteroatoms. The quantitative estimate of drug-likeness (QED) is 0.691. The Labute approximate surface area is 80.4 Å². The molecule has 0 bridgehead atoms. The zero-order chi connectivity index (χ0) is 9.56. The molecule has 0 saturated heterocycles. The Kier molecular flexibility index (Phi) is 6.90. The Balaban J connectivity index is 3.49. The van der Waals surface area contributed by atoms with Gasteiger partial charge in [0, 0.05) is 24.9 Å². The largest absolute Gasteiger partial charge is 0.380 e. The average molecular weight is 191 g/mol. The molecule has 74 valence electrons. The number of ether oxygens (including phenoxy) is 1. The predicted octanol–water partition coefficient (Wildman–Crippen LogP) is 1.75. The van der Waals surface area contributed by atoms with Gasteiger partial charge in [-0.25, -0.2) is 0 Å². The molecule has 0 rings (SSSR count). The van der Waals surface area contributed by atoms with Gasteiger partial charge in [-0.05, 0) is 20.1 Å². The SMILES string of the molecule is COC(C)C(C)NCC(C)SC.